The minimum atomic E-state index is 0.394. The maximum absolute atomic E-state index is 6.17. The van der Waals surface area contributed by atoms with Gasteiger partial charge in [0.15, 0.2) is 0 Å². The number of nitrogens with one attached hydrogen (secondary N) is 1. The van der Waals surface area contributed by atoms with Crippen molar-refractivity contribution in [1.29, 1.82) is 0 Å². The predicted octanol–water partition coefficient (Wildman–Crippen LogP) is 2.30. The van der Waals surface area contributed by atoms with Gasteiger partial charge in [0.05, 0.1) is 5.02 Å². The summed E-state index contributed by atoms with van der Waals surface area (Å²) in [5.41, 5.74) is 1.10. The van der Waals surface area contributed by atoms with Crippen LogP contribution in [0, 0.1) is 0 Å². The van der Waals surface area contributed by atoms with Crippen LogP contribution in [-0.4, -0.2) is 25.1 Å². The van der Waals surface area contributed by atoms with Gasteiger partial charge in [0.1, 0.15) is 5.82 Å². The molecular weight excluding hydrogens is 210 g/mol. The summed E-state index contributed by atoms with van der Waals surface area (Å²) in [6.45, 7) is 5.01. The lowest BCUT2D eigenvalue weighted by Crippen LogP contribution is -2.26. The fourth-order valence-corrected chi connectivity index (χ4v) is 1.60. The first kappa shape index (κ1) is 12.3. The Bertz CT molecular complexity index is 326. The van der Waals surface area contributed by atoms with Crippen LogP contribution >= 0.6 is 11.6 Å². The van der Waals surface area contributed by atoms with Crippen LogP contribution in [0.15, 0.2) is 12.3 Å². The molecule has 0 atom stereocenters. The van der Waals surface area contributed by atoms with E-state index in [1.165, 1.54) is 0 Å². The predicted molar refractivity (Wildman–Crippen MR) is 65.5 cm³/mol. The molecule has 0 aromatic carbocycles. The van der Waals surface area contributed by atoms with Gasteiger partial charge in [0.2, 0.25) is 0 Å². The molecule has 4 heteroatoms. The second-order valence-corrected chi connectivity index (χ2v) is 4.29. The highest BCUT2D eigenvalue weighted by molar-refractivity contribution is 6.33. The molecule has 0 aliphatic rings. The van der Waals surface area contributed by atoms with E-state index in [0.29, 0.717) is 11.1 Å². The Kier molecular flexibility index (Phi) is 4.36. The Hall–Kier alpha value is -0.800. The minimum absolute atomic E-state index is 0.394. The molecule has 1 heterocycles. The highest BCUT2D eigenvalue weighted by atomic mass is 35.5. The van der Waals surface area contributed by atoms with E-state index >= 15 is 0 Å². The first-order chi connectivity index (χ1) is 7.06. The molecule has 0 saturated heterocycles. The number of anilines is 1. The number of rotatable bonds is 4. The molecule has 0 aliphatic carbocycles. The number of hydrogen-bond acceptors (Lipinski definition) is 3. The van der Waals surface area contributed by atoms with Crippen LogP contribution in [0.2, 0.25) is 5.02 Å². The van der Waals surface area contributed by atoms with Gasteiger partial charge >= 0.3 is 0 Å². The lowest BCUT2D eigenvalue weighted by molar-refractivity contribution is 0.741. The summed E-state index contributed by atoms with van der Waals surface area (Å²) in [6, 6.07) is 2.35. The van der Waals surface area contributed by atoms with Crippen molar-refractivity contribution in [1.82, 2.24) is 10.3 Å². The number of hydrogen-bond donors (Lipinski definition) is 1. The van der Waals surface area contributed by atoms with Gasteiger partial charge in [0.25, 0.3) is 0 Å². The van der Waals surface area contributed by atoms with Crippen molar-refractivity contribution in [3.63, 3.8) is 0 Å². The summed E-state index contributed by atoms with van der Waals surface area (Å²) < 4.78 is 0. The van der Waals surface area contributed by atoms with Crippen molar-refractivity contribution < 1.29 is 0 Å². The fraction of sp³-hybridized carbons (Fsp3) is 0.545. The number of nitrogens with zero attached hydrogens (tertiary/aromatic N) is 2. The average Bonchev–Trinajstić information content (AvgIpc) is 2.17. The summed E-state index contributed by atoms with van der Waals surface area (Å²) in [5, 5.41) is 3.78. The summed E-state index contributed by atoms with van der Waals surface area (Å²) >= 11 is 6.17. The molecule has 0 amide bonds. The Balaban J connectivity index is 2.92. The van der Waals surface area contributed by atoms with E-state index in [-0.39, 0.29) is 0 Å². The van der Waals surface area contributed by atoms with E-state index in [9.17, 15) is 0 Å². The molecule has 3 nitrogen and oxygen atoms in total. The normalized spacial score (nSPS) is 10.8. The third-order valence-electron chi connectivity index (χ3n) is 2.37. The van der Waals surface area contributed by atoms with Crippen LogP contribution in [0.5, 0.6) is 0 Å². The molecule has 1 aromatic heterocycles. The van der Waals surface area contributed by atoms with E-state index < -0.39 is 0 Å². The van der Waals surface area contributed by atoms with Gasteiger partial charge in [-0.2, -0.15) is 0 Å². The monoisotopic (exact) mass is 227 g/mol. The molecule has 0 saturated carbocycles. The second-order valence-electron chi connectivity index (χ2n) is 3.88. The van der Waals surface area contributed by atoms with Gasteiger partial charge in [0, 0.05) is 25.8 Å². The van der Waals surface area contributed by atoms with Crippen molar-refractivity contribution in [3.05, 3.63) is 22.8 Å². The van der Waals surface area contributed by atoms with Gasteiger partial charge in [-0.05, 0) is 32.5 Å². The maximum atomic E-state index is 6.17. The fourth-order valence-electron chi connectivity index (χ4n) is 1.28. The number of halogens is 1. The third kappa shape index (κ3) is 3.08. The molecule has 1 rings (SSSR count). The standard InChI is InChI=1S/C11H18ClN3/c1-8(2)15(4)11-10(12)5-9(6-13-3)7-14-11/h5,7-8,13H,6H2,1-4H3. The average molecular weight is 228 g/mol. The summed E-state index contributed by atoms with van der Waals surface area (Å²) in [4.78, 5) is 6.43. The third-order valence-corrected chi connectivity index (χ3v) is 2.65. The van der Waals surface area contributed by atoms with Gasteiger partial charge in [-0.25, -0.2) is 4.98 Å². The molecule has 15 heavy (non-hydrogen) atoms. The molecule has 0 unspecified atom stereocenters. The summed E-state index contributed by atoms with van der Waals surface area (Å²) in [7, 11) is 3.90. The molecule has 0 spiro atoms. The van der Waals surface area contributed by atoms with Crippen molar-refractivity contribution in [2.24, 2.45) is 0 Å². The van der Waals surface area contributed by atoms with E-state index in [1.54, 1.807) is 0 Å². The first-order valence-electron chi connectivity index (χ1n) is 5.08. The molecule has 0 radical (unpaired) electrons. The van der Waals surface area contributed by atoms with Crippen molar-refractivity contribution in [2.45, 2.75) is 26.4 Å². The van der Waals surface area contributed by atoms with Crippen LogP contribution in [0.25, 0.3) is 0 Å². The largest absolute Gasteiger partial charge is 0.356 e. The summed E-state index contributed by atoms with van der Waals surface area (Å²) in [5.74, 6) is 0.839. The van der Waals surface area contributed by atoms with Crippen molar-refractivity contribution in [2.75, 3.05) is 19.0 Å². The molecule has 84 valence electrons. The van der Waals surface area contributed by atoms with E-state index in [2.05, 4.69) is 29.0 Å². The Morgan fingerprint density at radius 2 is 2.20 bits per heavy atom. The maximum Gasteiger partial charge on any atom is 0.147 e. The van der Waals surface area contributed by atoms with E-state index in [1.807, 2.05) is 26.4 Å². The first-order valence-corrected chi connectivity index (χ1v) is 5.46. The Morgan fingerprint density at radius 1 is 1.53 bits per heavy atom. The van der Waals surface area contributed by atoms with E-state index in [4.69, 9.17) is 11.6 Å². The SMILES string of the molecule is CNCc1cnc(N(C)C(C)C)c(Cl)c1. The lowest BCUT2D eigenvalue weighted by Gasteiger charge is -2.23. The number of pyridine rings is 1. The Morgan fingerprint density at radius 3 is 2.67 bits per heavy atom. The highest BCUT2D eigenvalue weighted by Gasteiger charge is 2.10. The minimum Gasteiger partial charge on any atom is -0.356 e. The molecule has 0 fully saturated rings. The highest BCUT2D eigenvalue weighted by Crippen LogP contribution is 2.24. The second kappa shape index (κ2) is 5.33. The molecule has 1 N–H and O–H groups in total. The van der Waals surface area contributed by atoms with Gasteiger partial charge in [-0.1, -0.05) is 11.6 Å². The summed E-state index contributed by atoms with van der Waals surface area (Å²) in [6.07, 6.45) is 1.86. The van der Waals surface area contributed by atoms with E-state index in [0.717, 1.165) is 17.9 Å². The molecular formula is C11H18ClN3. The quantitative estimate of drug-likeness (QED) is 0.856. The molecule has 0 bridgehead atoms. The van der Waals surface area contributed by atoms with Crippen molar-refractivity contribution in [3.8, 4) is 0 Å². The van der Waals surface area contributed by atoms with Crippen LogP contribution < -0.4 is 10.2 Å². The van der Waals surface area contributed by atoms with Gasteiger partial charge in [-0.15, -0.1) is 0 Å². The molecule has 1 aromatic rings. The lowest BCUT2D eigenvalue weighted by atomic mass is 10.2. The Labute approximate surface area is 96.5 Å². The zero-order valence-corrected chi connectivity index (χ0v) is 10.5. The molecule has 0 aliphatic heterocycles. The zero-order valence-electron chi connectivity index (χ0n) is 9.71. The van der Waals surface area contributed by atoms with Crippen LogP contribution in [-0.2, 0) is 6.54 Å². The van der Waals surface area contributed by atoms with Gasteiger partial charge in [-0.3, -0.25) is 0 Å². The van der Waals surface area contributed by atoms with Crippen LogP contribution in [0.1, 0.15) is 19.4 Å². The zero-order chi connectivity index (χ0) is 11.4. The topological polar surface area (TPSA) is 28.2 Å². The van der Waals surface area contributed by atoms with Crippen LogP contribution in [0.3, 0.4) is 0 Å². The van der Waals surface area contributed by atoms with Crippen molar-refractivity contribution >= 4 is 17.4 Å². The number of aromatic nitrogens is 1. The smallest absolute Gasteiger partial charge is 0.147 e. The van der Waals surface area contributed by atoms with Crippen LogP contribution in [0.4, 0.5) is 5.82 Å². The van der Waals surface area contributed by atoms with Gasteiger partial charge < -0.3 is 10.2 Å².